The van der Waals surface area contributed by atoms with Gasteiger partial charge in [-0.05, 0) is 37.6 Å². The van der Waals surface area contributed by atoms with Crippen LogP contribution < -0.4 is 10.1 Å². The molecule has 16 heavy (non-hydrogen) atoms. The largest absolute Gasteiger partial charge is 0.494 e. The minimum Gasteiger partial charge on any atom is -0.494 e. The van der Waals surface area contributed by atoms with Crippen LogP contribution in [-0.2, 0) is 0 Å². The molecule has 0 aliphatic carbocycles. The average molecular weight is 218 g/mol. The molecule has 1 atom stereocenters. The van der Waals surface area contributed by atoms with Crippen LogP contribution in [0, 0.1) is 11.3 Å². The van der Waals surface area contributed by atoms with Crippen molar-refractivity contribution in [2.75, 3.05) is 13.2 Å². The van der Waals surface area contributed by atoms with Crippen molar-refractivity contribution in [2.45, 2.75) is 26.3 Å². The molecular weight excluding hydrogens is 200 g/mol. The van der Waals surface area contributed by atoms with E-state index >= 15 is 0 Å². The molecule has 0 radical (unpaired) electrons. The second-order valence-electron chi connectivity index (χ2n) is 3.52. The van der Waals surface area contributed by atoms with Gasteiger partial charge in [0.15, 0.2) is 0 Å². The zero-order valence-electron chi connectivity index (χ0n) is 9.86. The molecule has 3 heteroatoms. The summed E-state index contributed by atoms with van der Waals surface area (Å²) in [5.74, 6) is 0.846. The van der Waals surface area contributed by atoms with E-state index in [1.54, 1.807) is 0 Å². The lowest BCUT2D eigenvalue weighted by Gasteiger charge is -2.11. The Hall–Kier alpha value is -1.53. The van der Waals surface area contributed by atoms with Crippen LogP contribution in [0.2, 0.25) is 0 Å². The van der Waals surface area contributed by atoms with E-state index in [1.807, 2.05) is 31.2 Å². The predicted octanol–water partition coefficient (Wildman–Crippen LogP) is 2.65. The molecule has 1 unspecified atom stereocenters. The van der Waals surface area contributed by atoms with Crippen molar-refractivity contribution < 1.29 is 4.74 Å². The molecule has 1 rings (SSSR count). The highest BCUT2D eigenvalue weighted by Gasteiger charge is 2.08. The third kappa shape index (κ3) is 3.56. The fourth-order valence-electron chi connectivity index (χ4n) is 1.45. The second-order valence-corrected chi connectivity index (χ2v) is 3.52. The molecular formula is C13H18N2O. The number of nitrogens with one attached hydrogen (secondary N) is 1. The Labute approximate surface area is 97.0 Å². The maximum atomic E-state index is 9.04. The molecule has 0 fully saturated rings. The Morgan fingerprint density at radius 3 is 2.50 bits per heavy atom. The van der Waals surface area contributed by atoms with Crippen molar-refractivity contribution in [2.24, 2.45) is 0 Å². The van der Waals surface area contributed by atoms with Gasteiger partial charge in [-0.2, -0.15) is 5.26 Å². The number of hydrogen-bond donors (Lipinski definition) is 1. The molecule has 0 spiro atoms. The van der Waals surface area contributed by atoms with E-state index in [9.17, 15) is 0 Å². The van der Waals surface area contributed by atoms with Crippen LogP contribution in [0.25, 0.3) is 0 Å². The van der Waals surface area contributed by atoms with Crippen LogP contribution >= 0.6 is 0 Å². The van der Waals surface area contributed by atoms with E-state index < -0.39 is 0 Å². The minimum atomic E-state index is -0.226. The Morgan fingerprint density at radius 1 is 1.31 bits per heavy atom. The van der Waals surface area contributed by atoms with Gasteiger partial charge in [-0.3, -0.25) is 5.32 Å². The van der Waals surface area contributed by atoms with E-state index in [0.717, 1.165) is 24.3 Å². The monoisotopic (exact) mass is 218 g/mol. The van der Waals surface area contributed by atoms with Crippen molar-refractivity contribution >= 4 is 0 Å². The zero-order valence-corrected chi connectivity index (χ0v) is 9.86. The van der Waals surface area contributed by atoms with Gasteiger partial charge in [0, 0.05) is 0 Å². The number of benzene rings is 1. The summed E-state index contributed by atoms with van der Waals surface area (Å²) in [4.78, 5) is 0. The highest BCUT2D eigenvalue weighted by Crippen LogP contribution is 2.17. The fraction of sp³-hybridized carbons (Fsp3) is 0.462. The SMILES string of the molecule is CCCNC(C#N)c1ccc(OCC)cc1. The first-order valence-corrected chi connectivity index (χ1v) is 5.67. The Balaban J connectivity index is 2.67. The summed E-state index contributed by atoms with van der Waals surface area (Å²) < 4.78 is 5.35. The summed E-state index contributed by atoms with van der Waals surface area (Å²) >= 11 is 0. The van der Waals surface area contributed by atoms with Crippen LogP contribution in [0.1, 0.15) is 31.9 Å². The van der Waals surface area contributed by atoms with Crippen molar-refractivity contribution in [3.05, 3.63) is 29.8 Å². The van der Waals surface area contributed by atoms with Gasteiger partial charge in [0.2, 0.25) is 0 Å². The summed E-state index contributed by atoms with van der Waals surface area (Å²) in [5, 5.41) is 12.2. The lowest BCUT2D eigenvalue weighted by atomic mass is 10.1. The molecule has 3 nitrogen and oxygen atoms in total. The lowest BCUT2D eigenvalue weighted by molar-refractivity contribution is 0.340. The summed E-state index contributed by atoms with van der Waals surface area (Å²) in [6.07, 6.45) is 1.02. The van der Waals surface area contributed by atoms with Gasteiger partial charge in [0.1, 0.15) is 11.8 Å². The standard InChI is InChI=1S/C13H18N2O/c1-3-9-15-13(10-14)11-5-7-12(8-6-11)16-4-2/h5-8,13,15H,3-4,9H2,1-2H3. The summed E-state index contributed by atoms with van der Waals surface area (Å²) in [7, 11) is 0. The van der Waals surface area contributed by atoms with Crippen LogP contribution in [0.5, 0.6) is 5.75 Å². The molecule has 0 saturated carbocycles. The Morgan fingerprint density at radius 2 is 2.00 bits per heavy atom. The van der Waals surface area contributed by atoms with Gasteiger partial charge < -0.3 is 4.74 Å². The van der Waals surface area contributed by atoms with Gasteiger partial charge >= 0.3 is 0 Å². The van der Waals surface area contributed by atoms with Crippen LogP contribution in [0.15, 0.2) is 24.3 Å². The number of ether oxygens (including phenoxy) is 1. The normalized spacial score (nSPS) is 11.8. The van der Waals surface area contributed by atoms with Crippen molar-refractivity contribution in [1.29, 1.82) is 5.26 Å². The van der Waals surface area contributed by atoms with Crippen molar-refractivity contribution in [3.8, 4) is 11.8 Å². The fourth-order valence-corrected chi connectivity index (χ4v) is 1.45. The molecule has 0 saturated heterocycles. The van der Waals surface area contributed by atoms with Gasteiger partial charge in [0.25, 0.3) is 0 Å². The maximum Gasteiger partial charge on any atom is 0.121 e. The molecule has 1 aromatic rings. The first kappa shape index (κ1) is 12.5. The third-order valence-electron chi connectivity index (χ3n) is 2.25. The first-order valence-electron chi connectivity index (χ1n) is 5.67. The second kappa shape index (κ2) is 6.86. The molecule has 0 aliphatic heterocycles. The van der Waals surface area contributed by atoms with Crippen molar-refractivity contribution in [1.82, 2.24) is 5.32 Å². The topological polar surface area (TPSA) is 45.0 Å². The van der Waals surface area contributed by atoms with E-state index in [1.165, 1.54) is 0 Å². The summed E-state index contributed by atoms with van der Waals surface area (Å²) in [6.45, 7) is 5.55. The predicted molar refractivity (Wildman–Crippen MR) is 64.3 cm³/mol. The molecule has 0 heterocycles. The van der Waals surface area contributed by atoms with Crippen LogP contribution in [0.4, 0.5) is 0 Å². The Bertz CT molecular complexity index is 340. The molecule has 0 bridgehead atoms. The highest BCUT2D eigenvalue weighted by molar-refractivity contribution is 5.31. The van der Waals surface area contributed by atoms with E-state index in [-0.39, 0.29) is 6.04 Å². The van der Waals surface area contributed by atoms with E-state index in [4.69, 9.17) is 10.00 Å². The summed E-state index contributed by atoms with van der Waals surface area (Å²) in [5.41, 5.74) is 0.986. The highest BCUT2D eigenvalue weighted by atomic mass is 16.5. The quantitative estimate of drug-likeness (QED) is 0.798. The smallest absolute Gasteiger partial charge is 0.121 e. The molecule has 1 N–H and O–H groups in total. The maximum absolute atomic E-state index is 9.04. The zero-order chi connectivity index (χ0) is 11.8. The molecule has 0 aliphatic rings. The number of rotatable bonds is 6. The number of nitriles is 1. The Kier molecular flexibility index (Phi) is 5.38. The molecule has 0 aromatic heterocycles. The number of nitrogens with zero attached hydrogens (tertiary/aromatic N) is 1. The van der Waals surface area contributed by atoms with Crippen molar-refractivity contribution in [3.63, 3.8) is 0 Å². The van der Waals surface area contributed by atoms with Gasteiger partial charge in [0.05, 0.1) is 12.7 Å². The number of hydrogen-bond acceptors (Lipinski definition) is 3. The molecule has 1 aromatic carbocycles. The van der Waals surface area contributed by atoms with E-state index in [2.05, 4.69) is 18.3 Å². The van der Waals surface area contributed by atoms with Crippen LogP contribution in [-0.4, -0.2) is 13.2 Å². The minimum absolute atomic E-state index is 0.226. The van der Waals surface area contributed by atoms with Gasteiger partial charge in [-0.15, -0.1) is 0 Å². The van der Waals surface area contributed by atoms with Gasteiger partial charge in [-0.25, -0.2) is 0 Å². The molecule has 86 valence electrons. The molecule has 0 amide bonds. The van der Waals surface area contributed by atoms with Crippen LogP contribution in [0.3, 0.4) is 0 Å². The average Bonchev–Trinajstić information content (AvgIpc) is 2.32. The first-order chi connectivity index (χ1) is 7.81. The third-order valence-corrected chi connectivity index (χ3v) is 2.25. The lowest BCUT2D eigenvalue weighted by Crippen LogP contribution is -2.20. The summed E-state index contributed by atoms with van der Waals surface area (Å²) in [6, 6.07) is 9.69. The van der Waals surface area contributed by atoms with Gasteiger partial charge in [-0.1, -0.05) is 19.1 Å². The van der Waals surface area contributed by atoms with E-state index in [0.29, 0.717) is 6.61 Å².